The van der Waals surface area contributed by atoms with Crippen molar-refractivity contribution < 1.29 is 32.7 Å². The van der Waals surface area contributed by atoms with Crippen LogP contribution in [0.4, 0.5) is 0 Å². The molecule has 1 aromatic rings. The summed E-state index contributed by atoms with van der Waals surface area (Å²) in [6, 6.07) is 8.46. The Balaban J connectivity index is 0.000001000. The van der Waals surface area contributed by atoms with Gasteiger partial charge in [0.25, 0.3) is 0 Å². The van der Waals surface area contributed by atoms with Crippen LogP contribution in [-0.2, 0) is 39.1 Å². The van der Waals surface area contributed by atoms with Crippen LogP contribution in [0.15, 0.2) is 24.3 Å². The van der Waals surface area contributed by atoms with Crippen LogP contribution < -0.4 is 0 Å². The normalized spacial score (nSPS) is 8.91. The molecule has 0 aliphatic carbocycles. The first-order valence-electron chi connectivity index (χ1n) is 3.68. The molecule has 0 bridgehead atoms. The van der Waals surface area contributed by atoms with E-state index in [0.717, 1.165) is 12.8 Å². The molecule has 0 saturated heterocycles. The second-order valence-electron chi connectivity index (χ2n) is 2.53. The van der Waals surface area contributed by atoms with Crippen LogP contribution in [0.2, 0.25) is 0 Å². The molecule has 0 aliphatic heterocycles. The summed E-state index contributed by atoms with van der Waals surface area (Å²) in [6.07, 6.45) is 2.09. The van der Waals surface area contributed by atoms with Crippen molar-refractivity contribution in [1.82, 2.24) is 0 Å². The molecule has 0 atom stereocenters. The Morgan fingerprint density at radius 3 is 2.45 bits per heavy atom. The average molecular weight is 222 g/mol. The van der Waals surface area contributed by atoms with E-state index in [-0.39, 0.29) is 32.7 Å². The fourth-order valence-electron chi connectivity index (χ4n) is 1.08. The van der Waals surface area contributed by atoms with Crippen LogP contribution >= 0.6 is 0 Å². The molecule has 0 fully saturated rings. The van der Waals surface area contributed by atoms with Crippen LogP contribution in [0.1, 0.15) is 17.5 Å². The Bertz CT molecular complexity index is 206. The van der Waals surface area contributed by atoms with E-state index in [1.807, 2.05) is 0 Å². The van der Waals surface area contributed by atoms with E-state index < -0.39 is 0 Å². The zero-order chi connectivity index (χ0) is 7.40. The van der Waals surface area contributed by atoms with E-state index in [4.69, 9.17) is 0 Å². The Kier molecular flexibility index (Phi) is 6.08. The Morgan fingerprint density at radius 2 is 1.91 bits per heavy atom. The van der Waals surface area contributed by atoms with Gasteiger partial charge in [-0.25, -0.2) is 0 Å². The summed E-state index contributed by atoms with van der Waals surface area (Å²) in [5.41, 5.74) is 2.81. The van der Waals surface area contributed by atoms with Gasteiger partial charge in [-0.05, 0) is 18.1 Å². The van der Waals surface area contributed by atoms with E-state index in [9.17, 15) is 0 Å². The van der Waals surface area contributed by atoms with Gasteiger partial charge in [0.2, 0.25) is 0 Å². The van der Waals surface area contributed by atoms with E-state index in [0.29, 0.717) is 0 Å². The van der Waals surface area contributed by atoms with Crippen molar-refractivity contribution >= 4 is 0 Å². The van der Waals surface area contributed by atoms with E-state index in [1.54, 1.807) is 0 Å². The molecule has 57 valence electrons. The third kappa shape index (κ3) is 3.49. The predicted molar refractivity (Wildman–Crippen MR) is 44.9 cm³/mol. The first-order valence-corrected chi connectivity index (χ1v) is 3.68. The molecule has 0 amide bonds. The molecule has 1 rings (SSSR count). The predicted octanol–water partition coefficient (Wildman–Crippen LogP) is 2.76. The topological polar surface area (TPSA) is 0 Å². The number of hydrogen-bond acceptors (Lipinski definition) is 0. The fourth-order valence-corrected chi connectivity index (χ4v) is 1.08. The average Bonchev–Trinajstić information content (AvgIpc) is 1.94. The van der Waals surface area contributed by atoms with E-state index in [2.05, 4.69) is 38.1 Å². The Morgan fingerprint density at radius 1 is 1.27 bits per heavy atom. The summed E-state index contributed by atoms with van der Waals surface area (Å²) >= 11 is 0. The molecule has 1 heteroatoms. The van der Waals surface area contributed by atoms with Gasteiger partial charge in [-0.1, -0.05) is 30.7 Å². The van der Waals surface area contributed by atoms with Crippen molar-refractivity contribution in [3.8, 4) is 0 Å². The smallest absolute Gasteiger partial charge is 0 e. The summed E-state index contributed by atoms with van der Waals surface area (Å²) in [5, 5.41) is 0. The minimum atomic E-state index is 0. The molecule has 0 nitrogen and oxygen atoms in total. The number of hydrogen-bond donors (Lipinski definition) is 0. The second-order valence-corrected chi connectivity index (χ2v) is 2.53. The molecule has 1 aromatic carbocycles. The van der Waals surface area contributed by atoms with Crippen LogP contribution in [0, 0.1) is 13.8 Å². The number of rotatable bonds is 2. The van der Waals surface area contributed by atoms with Gasteiger partial charge in [0.1, 0.15) is 0 Å². The maximum absolute atomic E-state index is 3.82. The molecule has 11 heavy (non-hydrogen) atoms. The molecule has 0 aliphatic rings. The van der Waals surface area contributed by atoms with Crippen LogP contribution in [0.5, 0.6) is 0 Å². The zero-order valence-electron chi connectivity index (χ0n) is 7.01. The fraction of sp³-hybridized carbons (Fsp3) is 0.300. The van der Waals surface area contributed by atoms with E-state index in [1.165, 1.54) is 11.1 Å². The van der Waals surface area contributed by atoms with Gasteiger partial charge < -0.3 is 6.92 Å². The van der Waals surface area contributed by atoms with Crippen molar-refractivity contribution in [2.24, 2.45) is 0 Å². The van der Waals surface area contributed by atoms with Gasteiger partial charge in [0.05, 0.1) is 0 Å². The molecule has 1 radical (unpaired) electrons. The summed E-state index contributed by atoms with van der Waals surface area (Å²) in [7, 11) is 0. The maximum atomic E-state index is 3.82. The van der Waals surface area contributed by atoms with Gasteiger partial charge >= 0.3 is 0 Å². The van der Waals surface area contributed by atoms with Crippen molar-refractivity contribution in [3.05, 3.63) is 42.3 Å². The van der Waals surface area contributed by atoms with Crippen molar-refractivity contribution in [2.75, 3.05) is 0 Å². The number of aryl methyl sites for hydroxylation is 2. The van der Waals surface area contributed by atoms with Crippen molar-refractivity contribution in [3.63, 3.8) is 0 Å². The summed E-state index contributed by atoms with van der Waals surface area (Å²) in [5.74, 6) is 0. The first kappa shape index (κ1) is 11.3. The molecule has 0 spiro atoms. The summed E-state index contributed by atoms with van der Waals surface area (Å²) < 4.78 is 0. The third-order valence-corrected chi connectivity index (χ3v) is 1.71. The van der Waals surface area contributed by atoms with E-state index >= 15 is 0 Å². The molecule has 0 unspecified atom stereocenters. The maximum Gasteiger partial charge on any atom is 0 e. The van der Waals surface area contributed by atoms with Crippen molar-refractivity contribution in [2.45, 2.75) is 19.8 Å². The Hall–Kier alpha value is 0.324. The zero-order valence-corrected chi connectivity index (χ0v) is 9.85. The van der Waals surface area contributed by atoms with Crippen LogP contribution in [0.3, 0.4) is 0 Å². The minimum Gasteiger partial charge on any atom is -0.343 e. The largest absolute Gasteiger partial charge is 0.343 e. The third-order valence-electron chi connectivity index (χ3n) is 1.71. The molecular weight excluding hydrogens is 209 g/mol. The van der Waals surface area contributed by atoms with Gasteiger partial charge in [0.15, 0.2) is 0 Å². The van der Waals surface area contributed by atoms with Gasteiger partial charge in [-0.2, -0.15) is 6.42 Å². The standard InChI is InChI=1S/C10H13.Y/c1-3-6-10-8-5-4-7-9(10)2;/h4-5,7-8H,1,3,6H2,2H3;/q-1;. The molecule has 0 saturated carbocycles. The van der Waals surface area contributed by atoms with Crippen LogP contribution in [0.25, 0.3) is 0 Å². The summed E-state index contributed by atoms with van der Waals surface area (Å²) in [6.45, 7) is 5.97. The van der Waals surface area contributed by atoms with Crippen molar-refractivity contribution in [1.29, 1.82) is 0 Å². The van der Waals surface area contributed by atoms with Gasteiger partial charge in [0, 0.05) is 32.7 Å². The van der Waals surface area contributed by atoms with Gasteiger partial charge in [-0.15, -0.1) is 0 Å². The number of benzene rings is 1. The first-order chi connectivity index (χ1) is 4.84. The quantitative estimate of drug-likeness (QED) is 0.675. The monoisotopic (exact) mass is 222 g/mol. The van der Waals surface area contributed by atoms with Gasteiger partial charge in [-0.3, -0.25) is 0 Å². The molecule has 0 aromatic heterocycles. The van der Waals surface area contributed by atoms with Crippen LogP contribution in [-0.4, -0.2) is 0 Å². The second kappa shape index (κ2) is 5.91. The molecule has 0 heterocycles. The summed E-state index contributed by atoms with van der Waals surface area (Å²) in [4.78, 5) is 0. The minimum absolute atomic E-state index is 0. The molecule has 0 N–H and O–H groups in total. The Labute approximate surface area is 94.3 Å². The molecular formula is C10H13Y-. The SMILES string of the molecule is [CH2-]CCc1ccccc1C.[Y].